The van der Waals surface area contributed by atoms with Gasteiger partial charge in [-0.3, -0.25) is 4.90 Å². The highest BCUT2D eigenvalue weighted by molar-refractivity contribution is 5.04. The lowest BCUT2D eigenvalue weighted by atomic mass is 9.93. The van der Waals surface area contributed by atoms with Gasteiger partial charge in [-0.15, -0.1) is 0 Å². The molecule has 0 aromatic carbocycles. The first-order chi connectivity index (χ1) is 8.37. The molecule has 0 saturated carbocycles. The average Bonchev–Trinajstić information content (AvgIpc) is 2.75. The van der Waals surface area contributed by atoms with Crippen LogP contribution >= 0.6 is 0 Å². The zero-order valence-electron chi connectivity index (χ0n) is 12.3. The summed E-state index contributed by atoms with van der Waals surface area (Å²) in [6, 6.07) is 1.32. The van der Waals surface area contributed by atoms with Gasteiger partial charge in [-0.1, -0.05) is 0 Å². The van der Waals surface area contributed by atoms with Gasteiger partial charge in [0.05, 0.1) is 11.2 Å². The number of nitrogens with one attached hydrogen (secondary N) is 1. The van der Waals surface area contributed by atoms with Crippen molar-refractivity contribution in [2.45, 2.75) is 70.2 Å². The van der Waals surface area contributed by atoms with Crippen molar-refractivity contribution in [3.63, 3.8) is 0 Å². The quantitative estimate of drug-likeness (QED) is 0.772. The van der Waals surface area contributed by atoms with Gasteiger partial charge in [0.1, 0.15) is 0 Å². The second-order valence-electron chi connectivity index (χ2n) is 7.60. The van der Waals surface area contributed by atoms with Crippen molar-refractivity contribution < 1.29 is 4.74 Å². The van der Waals surface area contributed by atoms with Crippen LogP contribution in [-0.2, 0) is 4.74 Å². The maximum Gasteiger partial charge on any atom is 0.0789 e. The van der Waals surface area contributed by atoms with Gasteiger partial charge in [0.15, 0.2) is 0 Å². The van der Waals surface area contributed by atoms with Gasteiger partial charge < -0.3 is 10.1 Å². The van der Waals surface area contributed by atoms with Gasteiger partial charge in [0.25, 0.3) is 0 Å². The van der Waals surface area contributed by atoms with Crippen LogP contribution < -0.4 is 5.32 Å². The number of hydrogen-bond donors (Lipinski definition) is 1. The highest BCUT2D eigenvalue weighted by Crippen LogP contribution is 2.42. The van der Waals surface area contributed by atoms with E-state index in [9.17, 15) is 0 Å². The SMILES string of the molecule is CC1(C)CC(N2CC3CCCNC3C2)C(C)(C)O1. The molecule has 3 saturated heterocycles. The highest BCUT2D eigenvalue weighted by Gasteiger charge is 2.51. The standard InChI is InChI=1S/C15H28N2O/c1-14(2)8-13(15(3,4)18-14)17-9-11-6-5-7-16-12(11)10-17/h11-13,16H,5-10H2,1-4H3. The summed E-state index contributed by atoms with van der Waals surface area (Å²) in [5, 5.41) is 3.70. The summed E-state index contributed by atoms with van der Waals surface area (Å²) in [4.78, 5) is 2.70. The number of hydrogen-bond acceptors (Lipinski definition) is 3. The third kappa shape index (κ3) is 2.21. The molecular formula is C15H28N2O. The molecule has 3 aliphatic heterocycles. The molecular weight excluding hydrogens is 224 g/mol. The van der Waals surface area contributed by atoms with Crippen molar-refractivity contribution in [2.75, 3.05) is 19.6 Å². The van der Waals surface area contributed by atoms with E-state index in [0.29, 0.717) is 6.04 Å². The van der Waals surface area contributed by atoms with Crippen molar-refractivity contribution >= 4 is 0 Å². The number of likely N-dealkylation sites (tertiary alicyclic amines) is 1. The molecule has 0 aromatic rings. The number of ether oxygens (including phenoxy) is 1. The smallest absolute Gasteiger partial charge is 0.0789 e. The van der Waals surface area contributed by atoms with E-state index in [4.69, 9.17) is 4.74 Å². The molecule has 3 atom stereocenters. The molecule has 3 heterocycles. The summed E-state index contributed by atoms with van der Waals surface area (Å²) in [7, 11) is 0. The molecule has 18 heavy (non-hydrogen) atoms. The maximum atomic E-state index is 6.25. The van der Waals surface area contributed by atoms with E-state index in [-0.39, 0.29) is 11.2 Å². The van der Waals surface area contributed by atoms with Gasteiger partial charge >= 0.3 is 0 Å². The molecule has 3 unspecified atom stereocenters. The number of fused-ring (bicyclic) bond motifs is 1. The minimum absolute atomic E-state index is 0.00298. The van der Waals surface area contributed by atoms with Crippen molar-refractivity contribution in [3.8, 4) is 0 Å². The largest absolute Gasteiger partial charge is 0.368 e. The van der Waals surface area contributed by atoms with Gasteiger partial charge in [0, 0.05) is 25.2 Å². The summed E-state index contributed by atoms with van der Waals surface area (Å²) in [5.74, 6) is 0.873. The molecule has 0 aliphatic carbocycles. The van der Waals surface area contributed by atoms with E-state index in [1.165, 1.54) is 38.9 Å². The van der Waals surface area contributed by atoms with Crippen LogP contribution in [0.1, 0.15) is 47.0 Å². The van der Waals surface area contributed by atoms with Crippen LogP contribution in [0.4, 0.5) is 0 Å². The second kappa shape index (κ2) is 4.19. The Bertz CT molecular complexity index is 312. The molecule has 0 aromatic heterocycles. The average molecular weight is 252 g/mol. The number of nitrogens with zero attached hydrogens (tertiary/aromatic N) is 1. The fraction of sp³-hybridized carbons (Fsp3) is 1.00. The van der Waals surface area contributed by atoms with Crippen LogP contribution in [-0.4, -0.2) is 47.8 Å². The van der Waals surface area contributed by atoms with Crippen LogP contribution in [0.25, 0.3) is 0 Å². The third-order valence-electron chi connectivity index (χ3n) is 5.10. The Morgan fingerprint density at radius 3 is 2.56 bits per heavy atom. The Morgan fingerprint density at radius 1 is 1.17 bits per heavy atom. The molecule has 0 amide bonds. The molecule has 3 aliphatic rings. The van der Waals surface area contributed by atoms with Crippen molar-refractivity contribution in [1.82, 2.24) is 10.2 Å². The van der Waals surface area contributed by atoms with Crippen LogP contribution in [0.3, 0.4) is 0 Å². The minimum Gasteiger partial charge on any atom is -0.368 e. The van der Waals surface area contributed by atoms with Gasteiger partial charge in [0.2, 0.25) is 0 Å². The Hall–Kier alpha value is -0.120. The Kier molecular flexibility index (Phi) is 3.00. The van der Waals surface area contributed by atoms with E-state index in [0.717, 1.165) is 12.0 Å². The second-order valence-corrected chi connectivity index (χ2v) is 7.60. The van der Waals surface area contributed by atoms with E-state index in [1.54, 1.807) is 0 Å². The lowest BCUT2D eigenvalue weighted by Crippen LogP contribution is -2.46. The fourth-order valence-electron chi connectivity index (χ4n) is 4.44. The first-order valence-electron chi connectivity index (χ1n) is 7.55. The molecule has 1 N–H and O–H groups in total. The highest BCUT2D eigenvalue weighted by atomic mass is 16.5. The summed E-state index contributed by atoms with van der Waals surface area (Å²) in [5.41, 5.74) is 0.0341. The molecule has 3 rings (SSSR count). The Balaban J connectivity index is 1.72. The first kappa shape index (κ1) is 12.9. The topological polar surface area (TPSA) is 24.5 Å². The molecule has 3 heteroatoms. The monoisotopic (exact) mass is 252 g/mol. The lowest BCUT2D eigenvalue weighted by molar-refractivity contribution is -0.0791. The molecule has 0 spiro atoms. The number of piperidine rings is 1. The predicted octanol–water partition coefficient (Wildman–Crippen LogP) is 2.02. The van der Waals surface area contributed by atoms with E-state index in [1.807, 2.05) is 0 Å². The molecule has 3 nitrogen and oxygen atoms in total. The molecule has 0 radical (unpaired) electrons. The summed E-state index contributed by atoms with van der Waals surface area (Å²) >= 11 is 0. The minimum atomic E-state index is -0.00298. The van der Waals surface area contributed by atoms with Gasteiger partial charge in [-0.2, -0.15) is 0 Å². The van der Waals surface area contributed by atoms with Crippen LogP contribution in [0.15, 0.2) is 0 Å². The van der Waals surface area contributed by atoms with E-state index >= 15 is 0 Å². The molecule has 104 valence electrons. The van der Waals surface area contributed by atoms with Crippen LogP contribution in [0.2, 0.25) is 0 Å². The van der Waals surface area contributed by atoms with Crippen molar-refractivity contribution in [2.24, 2.45) is 5.92 Å². The molecule has 3 fully saturated rings. The van der Waals surface area contributed by atoms with Crippen molar-refractivity contribution in [1.29, 1.82) is 0 Å². The summed E-state index contributed by atoms with van der Waals surface area (Å²) in [6.07, 6.45) is 3.93. The summed E-state index contributed by atoms with van der Waals surface area (Å²) < 4.78 is 6.25. The predicted molar refractivity (Wildman–Crippen MR) is 73.7 cm³/mol. The lowest BCUT2D eigenvalue weighted by Gasteiger charge is -2.33. The Labute approximate surface area is 111 Å². The van der Waals surface area contributed by atoms with Crippen LogP contribution in [0, 0.1) is 5.92 Å². The van der Waals surface area contributed by atoms with E-state index < -0.39 is 0 Å². The normalized spacial score (nSPS) is 43.0. The van der Waals surface area contributed by atoms with Crippen molar-refractivity contribution in [3.05, 3.63) is 0 Å². The van der Waals surface area contributed by atoms with E-state index in [2.05, 4.69) is 37.9 Å². The first-order valence-corrected chi connectivity index (χ1v) is 7.55. The summed E-state index contributed by atoms with van der Waals surface area (Å²) in [6.45, 7) is 12.7. The van der Waals surface area contributed by atoms with Gasteiger partial charge in [-0.25, -0.2) is 0 Å². The Morgan fingerprint density at radius 2 is 1.94 bits per heavy atom. The zero-order chi connectivity index (χ0) is 13.0. The van der Waals surface area contributed by atoms with Crippen LogP contribution in [0.5, 0.6) is 0 Å². The fourth-order valence-corrected chi connectivity index (χ4v) is 4.44. The number of rotatable bonds is 1. The maximum absolute atomic E-state index is 6.25. The zero-order valence-corrected chi connectivity index (χ0v) is 12.3. The molecule has 0 bridgehead atoms. The third-order valence-corrected chi connectivity index (χ3v) is 5.10. The van der Waals surface area contributed by atoms with Gasteiger partial charge in [-0.05, 0) is 59.4 Å².